The lowest BCUT2D eigenvalue weighted by Gasteiger charge is -1.94. The zero-order chi connectivity index (χ0) is 6.53. The molecule has 4 nitrogen and oxygen atoms in total. The lowest BCUT2D eigenvalue weighted by Crippen LogP contribution is -2.09. The van der Waals surface area contributed by atoms with E-state index in [-0.39, 0.29) is 0 Å². The molecular formula is C5H9N4. The van der Waals surface area contributed by atoms with Gasteiger partial charge in [-0.05, 0) is 0 Å². The van der Waals surface area contributed by atoms with Gasteiger partial charge in [-0.1, -0.05) is 5.21 Å². The van der Waals surface area contributed by atoms with Crippen LogP contribution in [0.3, 0.4) is 0 Å². The van der Waals surface area contributed by atoms with Gasteiger partial charge in [-0.25, -0.2) is 5.32 Å². The Balaban J connectivity index is 2.30. The fourth-order valence-electron chi connectivity index (χ4n) is 0.554. The van der Waals surface area contributed by atoms with E-state index in [1.54, 1.807) is 17.9 Å². The standard InChI is InChI=1S/C5H9N4/c1-6-2-4-9-5-3-7-8-9/h3,5H,2,4H2,1H3. The predicted molar refractivity (Wildman–Crippen MR) is 32.9 cm³/mol. The second kappa shape index (κ2) is 3.19. The molecule has 0 fully saturated rings. The van der Waals surface area contributed by atoms with Crippen molar-refractivity contribution in [3.05, 3.63) is 12.4 Å². The fraction of sp³-hybridized carbons (Fsp3) is 0.600. The summed E-state index contributed by atoms with van der Waals surface area (Å²) in [5.74, 6) is 0. The van der Waals surface area contributed by atoms with Gasteiger partial charge in [0.1, 0.15) is 0 Å². The lowest BCUT2D eigenvalue weighted by atomic mass is 10.6. The minimum atomic E-state index is 0.809. The van der Waals surface area contributed by atoms with Crippen molar-refractivity contribution in [3.63, 3.8) is 0 Å². The molecule has 0 atom stereocenters. The molecule has 1 heterocycles. The molecular weight excluding hydrogens is 116 g/mol. The van der Waals surface area contributed by atoms with Crippen LogP contribution in [-0.4, -0.2) is 28.6 Å². The van der Waals surface area contributed by atoms with Gasteiger partial charge in [0.15, 0.2) is 0 Å². The van der Waals surface area contributed by atoms with Crippen molar-refractivity contribution in [2.24, 2.45) is 0 Å². The van der Waals surface area contributed by atoms with Crippen LogP contribution < -0.4 is 5.32 Å². The molecule has 0 unspecified atom stereocenters. The van der Waals surface area contributed by atoms with E-state index in [2.05, 4.69) is 15.6 Å². The van der Waals surface area contributed by atoms with Gasteiger partial charge in [-0.3, -0.25) is 4.68 Å². The summed E-state index contributed by atoms with van der Waals surface area (Å²) in [6.45, 7) is 1.64. The summed E-state index contributed by atoms with van der Waals surface area (Å²) >= 11 is 0. The van der Waals surface area contributed by atoms with Crippen molar-refractivity contribution >= 4 is 0 Å². The summed E-state index contributed by atoms with van der Waals surface area (Å²) in [4.78, 5) is 0. The van der Waals surface area contributed by atoms with Crippen molar-refractivity contribution in [3.8, 4) is 0 Å². The van der Waals surface area contributed by atoms with E-state index in [1.807, 2.05) is 6.20 Å². The smallest absolute Gasteiger partial charge is 0.0692 e. The van der Waals surface area contributed by atoms with Crippen molar-refractivity contribution < 1.29 is 0 Å². The van der Waals surface area contributed by atoms with Crippen molar-refractivity contribution in [1.82, 2.24) is 20.3 Å². The van der Waals surface area contributed by atoms with Crippen LogP contribution in [-0.2, 0) is 6.54 Å². The normalized spacial score (nSPS) is 9.89. The highest BCUT2D eigenvalue weighted by atomic mass is 15.4. The van der Waals surface area contributed by atoms with E-state index >= 15 is 0 Å². The molecule has 49 valence electrons. The van der Waals surface area contributed by atoms with Crippen LogP contribution in [0.25, 0.3) is 0 Å². The molecule has 0 aliphatic rings. The number of nitrogens with zero attached hydrogens (tertiary/aromatic N) is 4. The number of hydrogen-bond donors (Lipinski definition) is 0. The summed E-state index contributed by atoms with van der Waals surface area (Å²) in [5, 5.41) is 11.3. The van der Waals surface area contributed by atoms with Crippen LogP contribution in [0.15, 0.2) is 12.4 Å². The average molecular weight is 125 g/mol. The zero-order valence-corrected chi connectivity index (χ0v) is 5.36. The maximum absolute atomic E-state index is 3.92. The Morgan fingerprint density at radius 1 is 1.67 bits per heavy atom. The third kappa shape index (κ3) is 1.81. The maximum Gasteiger partial charge on any atom is 0.0692 e. The van der Waals surface area contributed by atoms with Crippen LogP contribution >= 0.6 is 0 Å². The lowest BCUT2D eigenvalue weighted by molar-refractivity contribution is 0.561. The minimum absolute atomic E-state index is 0.809. The maximum atomic E-state index is 3.92. The Hall–Kier alpha value is -0.900. The second-order valence-electron chi connectivity index (χ2n) is 1.71. The summed E-state index contributed by atoms with van der Waals surface area (Å²) in [6.07, 6.45) is 3.49. The van der Waals surface area contributed by atoms with E-state index in [4.69, 9.17) is 0 Å². The summed E-state index contributed by atoms with van der Waals surface area (Å²) in [7, 11) is 1.79. The number of hydrogen-bond acceptors (Lipinski definition) is 2. The number of aromatic nitrogens is 3. The molecule has 0 aliphatic heterocycles. The van der Waals surface area contributed by atoms with Crippen molar-refractivity contribution in [2.75, 3.05) is 13.6 Å². The Morgan fingerprint density at radius 2 is 2.56 bits per heavy atom. The third-order valence-electron chi connectivity index (χ3n) is 1.02. The SMILES string of the molecule is C[N]CCn1ccnn1. The molecule has 1 aromatic rings. The zero-order valence-electron chi connectivity index (χ0n) is 5.36. The monoisotopic (exact) mass is 125 g/mol. The topological polar surface area (TPSA) is 44.8 Å². The molecule has 0 N–H and O–H groups in total. The van der Waals surface area contributed by atoms with Gasteiger partial charge in [0.05, 0.1) is 12.7 Å². The van der Waals surface area contributed by atoms with Crippen LogP contribution in [0, 0.1) is 0 Å². The molecule has 0 aromatic carbocycles. The highest BCUT2D eigenvalue weighted by Gasteiger charge is 1.86. The van der Waals surface area contributed by atoms with Crippen LogP contribution in [0.2, 0.25) is 0 Å². The minimum Gasteiger partial charge on any atom is -0.251 e. The first-order valence-electron chi connectivity index (χ1n) is 2.83. The Labute approximate surface area is 53.9 Å². The van der Waals surface area contributed by atoms with Gasteiger partial charge in [0.25, 0.3) is 0 Å². The van der Waals surface area contributed by atoms with Gasteiger partial charge in [0.2, 0.25) is 0 Å². The van der Waals surface area contributed by atoms with E-state index < -0.39 is 0 Å². The molecule has 0 saturated heterocycles. The van der Waals surface area contributed by atoms with Crippen LogP contribution in [0.5, 0.6) is 0 Å². The predicted octanol–water partition coefficient (Wildman–Crippen LogP) is -0.488. The first kappa shape index (κ1) is 6.22. The molecule has 4 heteroatoms. The molecule has 1 aromatic heterocycles. The number of rotatable bonds is 3. The Bertz CT molecular complexity index is 146. The molecule has 0 saturated carbocycles. The van der Waals surface area contributed by atoms with Crippen LogP contribution in [0.1, 0.15) is 0 Å². The van der Waals surface area contributed by atoms with Gasteiger partial charge in [-0.2, -0.15) is 0 Å². The molecule has 0 bridgehead atoms. The molecule has 9 heavy (non-hydrogen) atoms. The van der Waals surface area contributed by atoms with E-state index in [0.29, 0.717) is 0 Å². The summed E-state index contributed by atoms with van der Waals surface area (Å²) < 4.78 is 1.76. The van der Waals surface area contributed by atoms with Gasteiger partial charge in [0, 0.05) is 19.8 Å². The summed E-state index contributed by atoms with van der Waals surface area (Å²) in [5.41, 5.74) is 0. The Kier molecular flexibility index (Phi) is 2.21. The van der Waals surface area contributed by atoms with Crippen molar-refractivity contribution in [1.29, 1.82) is 0 Å². The Morgan fingerprint density at radius 3 is 3.11 bits per heavy atom. The van der Waals surface area contributed by atoms with E-state index in [9.17, 15) is 0 Å². The summed E-state index contributed by atoms with van der Waals surface area (Å²) in [6, 6.07) is 0. The van der Waals surface area contributed by atoms with Crippen LogP contribution in [0.4, 0.5) is 0 Å². The van der Waals surface area contributed by atoms with E-state index in [1.165, 1.54) is 0 Å². The molecule has 1 rings (SSSR count). The van der Waals surface area contributed by atoms with Gasteiger partial charge in [-0.15, -0.1) is 5.10 Å². The van der Waals surface area contributed by atoms with E-state index in [0.717, 1.165) is 13.1 Å². The first-order valence-corrected chi connectivity index (χ1v) is 2.83. The highest BCUT2D eigenvalue weighted by Crippen LogP contribution is 1.77. The van der Waals surface area contributed by atoms with Gasteiger partial charge < -0.3 is 0 Å². The molecule has 0 spiro atoms. The fourth-order valence-corrected chi connectivity index (χ4v) is 0.554. The number of likely N-dealkylation sites (N-methyl/N-ethyl adjacent to an activating group) is 1. The third-order valence-corrected chi connectivity index (χ3v) is 1.02. The van der Waals surface area contributed by atoms with Crippen molar-refractivity contribution in [2.45, 2.75) is 6.54 Å². The average Bonchev–Trinajstić information content (AvgIpc) is 2.34. The molecule has 0 amide bonds. The highest BCUT2D eigenvalue weighted by molar-refractivity contribution is 4.63. The van der Waals surface area contributed by atoms with Gasteiger partial charge >= 0.3 is 0 Å². The first-order chi connectivity index (χ1) is 4.43. The second-order valence-corrected chi connectivity index (χ2v) is 1.71. The molecule has 0 aliphatic carbocycles. The molecule has 1 radical (unpaired) electrons. The largest absolute Gasteiger partial charge is 0.251 e. The quantitative estimate of drug-likeness (QED) is 0.547.